The van der Waals surface area contributed by atoms with E-state index in [0.717, 1.165) is 6.42 Å². The Morgan fingerprint density at radius 3 is 2.67 bits per heavy atom. The SMILES string of the molecule is CCC(C)CNS(=O)(=O)Cc1ccccc1C#N. The highest BCUT2D eigenvalue weighted by Crippen LogP contribution is 2.11. The van der Waals surface area contributed by atoms with E-state index >= 15 is 0 Å². The molecule has 1 unspecified atom stereocenters. The molecule has 0 saturated carbocycles. The summed E-state index contributed by atoms with van der Waals surface area (Å²) in [6.07, 6.45) is 0.928. The van der Waals surface area contributed by atoms with Crippen LogP contribution < -0.4 is 4.72 Å². The first-order valence-corrected chi connectivity index (χ1v) is 7.59. The molecule has 5 heteroatoms. The highest BCUT2D eigenvalue weighted by Gasteiger charge is 2.14. The zero-order valence-corrected chi connectivity index (χ0v) is 11.5. The zero-order chi connectivity index (χ0) is 13.6. The van der Waals surface area contributed by atoms with Crippen LogP contribution in [0.25, 0.3) is 0 Å². The van der Waals surface area contributed by atoms with Gasteiger partial charge in [-0.3, -0.25) is 0 Å². The zero-order valence-electron chi connectivity index (χ0n) is 10.7. The summed E-state index contributed by atoms with van der Waals surface area (Å²) in [6, 6.07) is 8.75. The minimum absolute atomic E-state index is 0.146. The van der Waals surface area contributed by atoms with Gasteiger partial charge < -0.3 is 0 Å². The van der Waals surface area contributed by atoms with E-state index in [1.807, 2.05) is 19.9 Å². The lowest BCUT2D eigenvalue weighted by Crippen LogP contribution is -2.29. The second kappa shape index (κ2) is 6.53. The lowest BCUT2D eigenvalue weighted by molar-refractivity contribution is 0.528. The number of sulfonamides is 1. The molecule has 0 amide bonds. The van der Waals surface area contributed by atoms with Gasteiger partial charge >= 0.3 is 0 Å². The molecule has 1 aromatic rings. The molecule has 0 fully saturated rings. The molecule has 0 aromatic heterocycles. The first kappa shape index (κ1) is 14.7. The van der Waals surface area contributed by atoms with Crippen LogP contribution in [0.3, 0.4) is 0 Å². The summed E-state index contributed by atoms with van der Waals surface area (Å²) in [5.74, 6) is 0.165. The third kappa shape index (κ3) is 4.47. The van der Waals surface area contributed by atoms with Crippen molar-refractivity contribution in [1.82, 2.24) is 4.72 Å². The lowest BCUT2D eigenvalue weighted by Gasteiger charge is -2.11. The molecule has 0 aliphatic rings. The van der Waals surface area contributed by atoms with Crippen molar-refractivity contribution in [2.24, 2.45) is 5.92 Å². The molecule has 0 spiro atoms. The van der Waals surface area contributed by atoms with Crippen molar-refractivity contribution in [1.29, 1.82) is 5.26 Å². The summed E-state index contributed by atoms with van der Waals surface area (Å²) < 4.78 is 26.3. The van der Waals surface area contributed by atoms with Gasteiger partial charge in [0.1, 0.15) is 0 Å². The Labute approximate surface area is 109 Å². The maximum Gasteiger partial charge on any atom is 0.215 e. The van der Waals surface area contributed by atoms with Gasteiger partial charge in [-0.15, -0.1) is 0 Å². The minimum Gasteiger partial charge on any atom is -0.215 e. The third-order valence-corrected chi connectivity index (χ3v) is 4.13. The standard InChI is InChI=1S/C13H18N2O2S/c1-3-11(2)9-15-18(16,17)10-13-7-5-4-6-12(13)8-14/h4-7,11,15H,3,9-10H2,1-2H3. The van der Waals surface area contributed by atoms with Gasteiger partial charge in [-0.25, -0.2) is 13.1 Å². The van der Waals surface area contributed by atoms with Crippen LogP contribution in [0.1, 0.15) is 31.4 Å². The van der Waals surface area contributed by atoms with E-state index < -0.39 is 10.0 Å². The van der Waals surface area contributed by atoms with Crippen LogP contribution in [0.4, 0.5) is 0 Å². The quantitative estimate of drug-likeness (QED) is 0.856. The van der Waals surface area contributed by atoms with Gasteiger partial charge in [0.05, 0.1) is 17.4 Å². The molecule has 98 valence electrons. The molecule has 1 rings (SSSR count). The van der Waals surface area contributed by atoms with Crippen LogP contribution in [0.2, 0.25) is 0 Å². The Morgan fingerprint density at radius 1 is 1.39 bits per heavy atom. The predicted octanol–water partition coefficient (Wildman–Crippen LogP) is 2.02. The van der Waals surface area contributed by atoms with Crippen molar-refractivity contribution in [2.75, 3.05) is 6.54 Å². The van der Waals surface area contributed by atoms with Crippen LogP contribution >= 0.6 is 0 Å². The number of nitrogens with one attached hydrogen (secondary N) is 1. The molecule has 18 heavy (non-hydrogen) atoms. The number of hydrogen-bond acceptors (Lipinski definition) is 3. The lowest BCUT2D eigenvalue weighted by atomic mass is 10.1. The average Bonchev–Trinajstić information content (AvgIpc) is 2.36. The number of nitrogens with zero attached hydrogens (tertiary/aromatic N) is 1. The van der Waals surface area contributed by atoms with Crippen LogP contribution in [0.5, 0.6) is 0 Å². The van der Waals surface area contributed by atoms with Crippen LogP contribution in [-0.4, -0.2) is 15.0 Å². The normalized spacial score (nSPS) is 12.9. The monoisotopic (exact) mass is 266 g/mol. The Hall–Kier alpha value is -1.38. The predicted molar refractivity (Wildman–Crippen MR) is 71.2 cm³/mol. The van der Waals surface area contributed by atoms with Gasteiger partial charge in [-0.05, 0) is 17.5 Å². The minimum atomic E-state index is -3.37. The highest BCUT2D eigenvalue weighted by molar-refractivity contribution is 7.88. The average molecular weight is 266 g/mol. The number of nitriles is 1. The fourth-order valence-electron chi connectivity index (χ4n) is 1.42. The number of rotatable bonds is 6. The second-order valence-corrected chi connectivity index (χ2v) is 6.20. The Morgan fingerprint density at radius 2 is 2.06 bits per heavy atom. The summed E-state index contributed by atoms with van der Waals surface area (Å²) in [5, 5.41) is 8.91. The Balaban J connectivity index is 2.74. The summed E-state index contributed by atoms with van der Waals surface area (Å²) >= 11 is 0. The Bertz CT molecular complexity index is 532. The molecular formula is C13H18N2O2S. The van der Waals surface area contributed by atoms with Crippen molar-refractivity contribution >= 4 is 10.0 Å². The van der Waals surface area contributed by atoms with E-state index in [-0.39, 0.29) is 5.75 Å². The smallest absolute Gasteiger partial charge is 0.215 e. The molecule has 0 radical (unpaired) electrons. The molecule has 0 bridgehead atoms. The number of hydrogen-bond donors (Lipinski definition) is 1. The summed E-state index contributed by atoms with van der Waals surface area (Å²) in [5.41, 5.74) is 0.947. The van der Waals surface area contributed by atoms with Crippen molar-refractivity contribution < 1.29 is 8.42 Å². The molecule has 0 aliphatic heterocycles. The first-order valence-electron chi connectivity index (χ1n) is 5.94. The summed E-state index contributed by atoms with van der Waals surface area (Å²) in [4.78, 5) is 0. The third-order valence-electron chi connectivity index (χ3n) is 2.83. The van der Waals surface area contributed by atoms with Crippen molar-refractivity contribution in [2.45, 2.75) is 26.0 Å². The molecule has 0 heterocycles. The molecule has 0 saturated heterocycles. The van der Waals surface area contributed by atoms with E-state index in [9.17, 15) is 8.42 Å². The van der Waals surface area contributed by atoms with E-state index in [1.165, 1.54) is 0 Å². The second-order valence-electron chi connectivity index (χ2n) is 4.39. The Kier molecular flexibility index (Phi) is 5.32. The maximum atomic E-state index is 11.9. The number of benzene rings is 1. The van der Waals surface area contributed by atoms with Gasteiger partial charge in [-0.1, -0.05) is 38.5 Å². The maximum absolute atomic E-state index is 11.9. The van der Waals surface area contributed by atoms with E-state index in [0.29, 0.717) is 23.6 Å². The highest BCUT2D eigenvalue weighted by atomic mass is 32.2. The molecule has 1 aromatic carbocycles. The van der Waals surface area contributed by atoms with Crippen LogP contribution in [0.15, 0.2) is 24.3 Å². The summed E-state index contributed by atoms with van der Waals surface area (Å²) in [7, 11) is -3.37. The van der Waals surface area contributed by atoms with Gasteiger partial charge in [-0.2, -0.15) is 5.26 Å². The molecular weight excluding hydrogens is 248 g/mol. The van der Waals surface area contributed by atoms with E-state index in [1.54, 1.807) is 24.3 Å². The van der Waals surface area contributed by atoms with Gasteiger partial charge in [0.25, 0.3) is 0 Å². The van der Waals surface area contributed by atoms with E-state index in [2.05, 4.69) is 4.72 Å². The fraction of sp³-hybridized carbons (Fsp3) is 0.462. The molecule has 0 aliphatic carbocycles. The van der Waals surface area contributed by atoms with Crippen molar-refractivity contribution in [3.63, 3.8) is 0 Å². The largest absolute Gasteiger partial charge is 0.215 e. The van der Waals surface area contributed by atoms with Crippen LogP contribution in [-0.2, 0) is 15.8 Å². The van der Waals surface area contributed by atoms with Crippen LogP contribution in [0, 0.1) is 17.2 Å². The van der Waals surface area contributed by atoms with Crippen molar-refractivity contribution in [3.05, 3.63) is 35.4 Å². The fourth-order valence-corrected chi connectivity index (χ4v) is 2.73. The van der Waals surface area contributed by atoms with Gasteiger partial charge in [0.15, 0.2) is 0 Å². The van der Waals surface area contributed by atoms with Gasteiger partial charge in [0.2, 0.25) is 10.0 Å². The summed E-state index contributed by atoms with van der Waals surface area (Å²) in [6.45, 7) is 4.45. The van der Waals surface area contributed by atoms with Crippen molar-refractivity contribution in [3.8, 4) is 6.07 Å². The van der Waals surface area contributed by atoms with Gasteiger partial charge in [0, 0.05) is 6.54 Å². The molecule has 1 N–H and O–H groups in total. The molecule has 1 atom stereocenters. The topological polar surface area (TPSA) is 70.0 Å². The first-order chi connectivity index (χ1) is 8.48. The van der Waals surface area contributed by atoms with E-state index in [4.69, 9.17) is 5.26 Å². The molecule has 4 nitrogen and oxygen atoms in total.